The predicted octanol–water partition coefficient (Wildman–Crippen LogP) is 5.86. The number of carbonyl (C=O) groups is 1. The molecule has 0 spiro atoms. The molecule has 1 aliphatic rings. The van der Waals surface area contributed by atoms with E-state index in [0.29, 0.717) is 79.5 Å². The Morgan fingerprint density at radius 1 is 1.11 bits per heavy atom. The zero-order valence-electron chi connectivity index (χ0n) is 20.1. The van der Waals surface area contributed by atoms with E-state index in [1.165, 1.54) is 12.3 Å². The van der Waals surface area contributed by atoms with Gasteiger partial charge in [-0.15, -0.1) is 0 Å². The molecule has 0 amide bonds. The highest BCUT2D eigenvalue weighted by Crippen LogP contribution is 2.37. The fourth-order valence-corrected chi connectivity index (χ4v) is 4.88. The van der Waals surface area contributed by atoms with E-state index in [-0.39, 0.29) is 0 Å². The third-order valence-electron chi connectivity index (χ3n) is 7.10. The van der Waals surface area contributed by atoms with Gasteiger partial charge in [-0.3, -0.25) is 14.7 Å². The number of hydrogen-bond donors (Lipinski definition) is 1. The second-order valence-electron chi connectivity index (χ2n) is 9.28. The maximum atomic E-state index is 14.6. The highest BCUT2D eigenvalue weighted by atomic mass is 19.2. The number of fused-ring (bicyclic) bond motifs is 1. The summed E-state index contributed by atoms with van der Waals surface area (Å²) in [5.41, 5.74) is 0.917. The minimum atomic E-state index is -0.889. The van der Waals surface area contributed by atoms with Crippen LogP contribution in [0.25, 0.3) is 17.0 Å². The summed E-state index contributed by atoms with van der Waals surface area (Å²) in [6.45, 7) is 1.81. The number of piperidine rings is 1. The minimum Gasteiger partial charge on any atom is -0.497 e. The Morgan fingerprint density at radius 2 is 1.89 bits per heavy atom. The van der Waals surface area contributed by atoms with Crippen molar-refractivity contribution in [1.82, 2.24) is 9.88 Å². The number of carboxylic acids is 1. The van der Waals surface area contributed by atoms with Crippen molar-refractivity contribution in [2.45, 2.75) is 32.1 Å². The first-order chi connectivity index (χ1) is 17.3. The molecule has 0 aliphatic carbocycles. The first-order valence-electron chi connectivity index (χ1n) is 12.0. The van der Waals surface area contributed by atoms with Gasteiger partial charge in [0, 0.05) is 11.9 Å². The molecule has 1 fully saturated rings. The van der Waals surface area contributed by atoms with E-state index in [0.717, 1.165) is 12.1 Å². The Labute approximate surface area is 208 Å². The number of likely N-dealkylation sites (tertiary alicyclic amines) is 1. The van der Waals surface area contributed by atoms with E-state index in [4.69, 9.17) is 4.74 Å². The molecule has 4 rings (SSSR count). The van der Waals surface area contributed by atoms with Gasteiger partial charge in [0.2, 0.25) is 0 Å². The second-order valence-corrected chi connectivity index (χ2v) is 9.28. The Kier molecular flexibility index (Phi) is 7.94. The van der Waals surface area contributed by atoms with Crippen LogP contribution in [0, 0.1) is 22.9 Å². The summed E-state index contributed by atoms with van der Waals surface area (Å²) in [4.78, 5) is 18.5. The van der Waals surface area contributed by atoms with Gasteiger partial charge in [-0.25, -0.2) is 13.2 Å². The number of halogens is 3. The molecule has 3 aromatic rings. The van der Waals surface area contributed by atoms with Crippen molar-refractivity contribution in [1.29, 1.82) is 0 Å². The molecule has 36 heavy (non-hydrogen) atoms. The molecule has 0 atom stereocenters. The number of aliphatic carboxylic acids is 1. The Bertz CT molecular complexity index is 1270. The van der Waals surface area contributed by atoms with Crippen molar-refractivity contribution in [2.75, 3.05) is 26.7 Å². The van der Waals surface area contributed by atoms with Gasteiger partial charge in [0.1, 0.15) is 11.6 Å². The summed E-state index contributed by atoms with van der Waals surface area (Å²) in [5.74, 6) is -2.37. The number of nitrogens with zero attached hydrogens (tertiary/aromatic N) is 2. The summed E-state index contributed by atoms with van der Waals surface area (Å²) >= 11 is 0. The van der Waals surface area contributed by atoms with Gasteiger partial charge in [-0.05, 0) is 86.7 Å². The van der Waals surface area contributed by atoms with Crippen LogP contribution in [0.4, 0.5) is 13.2 Å². The molecule has 1 aliphatic heterocycles. The zero-order chi connectivity index (χ0) is 25.7. The van der Waals surface area contributed by atoms with Crippen LogP contribution in [0.1, 0.15) is 36.8 Å². The molecular weight excluding hydrogens is 469 g/mol. The molecule has 0 bridgehead atoms. The van der Waals surface area contributed by atoms with Gasteiger partial charge >= 0.3 is 5.97 Å². The monoisotopic (exact) mass is 498 g/mol. The lowest BCUT2D eigenvalue weighted by Gasteiger charge is -2.38. The maximum absolute atomic E-state index is 14.6. The molecule has 2 aromatic carbocycles. The molecule has 1 aromatic heterocycles. The van der Waals surface area contributed by atoms with E-state index in [9.17, 15) is 23.1 Å². The smallest absolute Gasteiger partial charge is 0.309 e. The van der Waals surface area contributed by atoms with Gasteiger partial charge in [0.25, 0.3) is 0 Å². The normalized spacial score (nSPS) is 16.0. The van der Waals surface area contributed by atoms with Crippen LogP contribution in [-0.2, 0) is 11.2 Å². The largest absolute Gasteiger partial charge is 0.497 e. The lowest BCUT2D eigenvalue weighted by atomic mass is 9.74. The molecule has 1 N–H and O–H groups in total. The molecular formula is C28H29F3N2O3. The SMILES string of the molecule is COc1ccc2ncc(F)c(CCCC3(C(=O)O)CCN(C/C=C/c4ccc(F)c(F)c4)CC3)c2c1. The predicted molar refractivity (Wildman–Crippen MR) is 132 cm³/mol. The lowest BCUT2D eigenvalue weighted by molar-refractivity contribution is -0.152. The third-order valence-corrected chi connectivity index (χ3v) is 7.10. The van der Waals surface area contributed by atoms with Crippen LogP contribution in [-0.4, -0.2) is 47.7 Å². The van der Waals surface area contributed by atoms with Crippen LogP contribution in [0.5, 0.6) is 5.75 Å². The number of hydrogen-bond acceptors (Lipinski definition) is 4. The topological polar surface area (TPSA) is 62.7 Å². The number of pyridine rings is 1. The van der Waals surface area contributed by atoms with Crippen LogP contribution < -0.4 is 4.74 Å². The molecule has 5 nitrogen and oxygen atoms in total. The Balaban J connectivity index is 1.36. The summed E-state index contributed by atoms with van der Waals surface area (Å²) in [5, 5.41) is 10.7. The lowest BCUT2D eigenvalue weighted by Crippen LogP contribution is -2.44. The average Bonchev–Trinajstić information content (AvgIpc) is 2.88. The zero-order valence-corrected chi connectivity index (χ0v) is 20.1. The number of aromatic nitrogens is 1. The number of methoxy groups -OCH3 is 1. The molecule has 8 heteroatoms. The van der Waals surface area contributed by atoms with E-state index in [2.05, 4.69) is 9.88 Å². The first-order valence-corrected chi connectivity index (χ1v) is 12.0. The van der Waals surface area contributed by atoms with E-state index >= 15 is 0 Å². The van der Waals surface area contributed by atoms with Crippen LogP contribution in [0.2, 0.25) is 0 Å². The number of benzene rings is 2. The second kappa shape index (κ2) is 11.1. The number of rotatable bonds is 9. The standard InChI is InChI=1S/C28H29F3N2O3/c1-36-20-7-9-26-22(17-20)21(25(31)18-32-26)5-2-10-28(27(34)35)11-14-33(15-12-28)13-3-4-19-6-8-23(29)24(30)16-19/h3-4,6-9,16-18H,2,5,10-15H2,1H3,(H,34,35)/b4-3+. The van der Waals surface area contributed by atoms with E-state index < -0.39 is 28.8 Å². The van der Waals surface area contributed by atoms with Crippen LogP contribution in [0.15, 0.2) is 48.7 Å². The van der Waals surface area contributed by atoms with Gasteiger partial charge < -0.3 is 9.84 Å². The minimum absolute atomic E-state index is 0.400. The fraction of sp³-hybridized carbons (Fsp3) is 0.357. The maximum Gasteiger partial charge on any atom is 0.309 e. The molecule has 1 saturated heterocycles. The highest BCUT2D eigenvalue weighted by Gasteiger charge is 2.40. The average molecular weight is 499 g/mol. The van der Waals surface area contributed by atoms with Crippen molar-refractivity contribution >= 4 is 22.9 Å². The van der Waals surface area contributed by atoms with Crippen molar-refractivity contribution in [3.63, 3.8) is 0 Å². The van der Waals surface area contributed by atoms with Crippen LogP contribution >= 0.6 is 0 Å². The van der Waals surface area contributed by atoms with Crippen molar-refractivity contribution < 1.29 is 27.8 Å². The van der Waals surface area contributed by atoms with Crippen molar-refractivity contribution in [3.05, 3.63) is 77.2 Å². The van der Waals surface area contributed by atoms with Crippen molar-refractivity contribution in [2.24, 2.45) is 5.41 Å². The van der Waals surface area contributed by atoms with Gasteiger partial charge in [0.15, 0.2) is 11.6 Å². The Hall–Kier alpha value is -3.39. The third kappa shape index (κ3) is 5.70. The van der Waals surface area contributed by atoms with Crippen LogP contribution in [0.3, 0.4) is 0 Å². The van der Waals surface area contributed by atoms with Gasteiger partial charge in [-0.1, -0.05) is 18.2 Å². The number of aryl methyl sites for hydroxylation is 1. The van der Waals surface area contributed by atoms with E-state index in [1.807, 2.05) is 6.08 Å². The van der Waals surface area contributed by atoms with E-state index in [1.54, 1.807) is 31.4 Å². The molecule has 0 radical (unpaired) electrons. The molecule has 0 unspecified atom stereocenters. The van der Waals surface area contributed by atoms with Gasteiger partial charge in [0.05, 0.1) is 24.2 Å². The Morgan fingerprint density at radius 3 is 2.58 bits per heavy atom. The quantitative estimate of drug-likeness (QED) is 0.400. The number of ether oxygens (including phenoxy) is 1. The summed E-state index contributed by atoms with van der Waals surface area (Å²) < 4.78 is 46.3. The summed E-state index contributed by atoms with van der Waals surface area (Å²) in [7, 11) is 1.55. The molecule has 190 valence electrons. The first kappa shape index (κ1) is 25.7. The summed E-state index contributed by atoms with van der Waals surface area (Å²) in [6, 6.07) is 9.06. The number of carboxylic acid groups (broad SMARTS) is 1. The molecule has 0 saturated carbocycles. The molecule has 2 heterocycles. The highest BCUT2D eigenvalue weighted by molar-refractivity contribution is 5.83. The summed E-state index contributed by atoms with van der Waals surface area (Å²) in [6.07, 6.45) is 7.19. The van der Waals surface area contributed by atoms with Crippen molar-refractivity contribution in [3.8, 4) is 5.75 Å². The van der Waals surface area contributed by atoms with Gasteiger partial charge in [-0.2, -0.15) is 0 Å². The fourth-order valence-electron chi connectivity index (χ4n) is 4.88.